The Morgan fingerprint density at radius 1 is 1.21 bits per heavy atom. The zero-order chi connectivity index (χ0) is 17.9. The second-order valence-electron chi connectivity index (χ2n) is 4.81. The third-order valence-electron chi connectivity index (χ3n) is 3.22. The molecule has 2 rings (SSSR count). The lowest BCUT2D eigenvalue weighted by Gasteiger charge is -2.13. The summed E-state index contributed by atoms with van der Waals surface area (Å²) in [6.45, 7) is 3.23. The van der Waals surface area contributed by atoms with E-state index in [1.54, 1.807) is 13.8 Å². The number of aromatic nitrogens is 1. The van der Waals surface area contributed by atoms with Gasteiger partial charge in [-0.15, -0.1) is 0 Å². The van der Waals surface area contributed by atoms with Crippen molar-refractivity contribution >= 4 is 34.4 Å². The number of hydrogen-bond donors (Lipinski definition) is 0. The number of halogens is 2. The number of fused-ring (bicyclic) bond motifs is 1. The number of rotatable bonds is 5. The largest absolute Gasteiger partial charge is 0.465 e. The number of pyridine rings is 1. The van der Waals surface area contributed by atoms with Crippen molar-refractivity contribution in [3.63, 3.8) is 0 Å². The fourth-order valence-electron chi connectivity index (χ4n) is 2.22. The van der Waals surface area contributed by atoms with E-state index in [1.807, 2.05) is 0 Å². The predicted molar refractivity (Wildman–Crippen MR) is 85.8 cm³/mol. The summed E-state index contributed by atoms with van der Waals surface area (Å²) in [6.07, 6.45) is 1.19. The van der Waals surface area contributed by atoms with Crippen LogP contribution in [0.25, 0.3) is 10.9 Å². The molecule has 0 atom stereocenters. The molecule has 0 amide bonds. The van der Waals surface area contributed by atoms with Crippen molar-refractivity contribution in [2.75, 3.05) is 13.2 Å². The Kier molecular flexibility index (Phi) is 5.56. The topological polar surface area (TPSA) is 74.6 Å². The smallest absolute Gasteiger partial charge is 0.343 e. The van der Waals surface area contributed by atoms with Gasteiger partial charge in [-0.3, -0.25) is 9.59 Å². The second-order valence-corrected chi connectivity index (χ2v) is 5.22. The number of hydrogen-bond acceptors (Lipinski definition) is 5. The first-order valence-corrected chi connectivity index (χ1v) is 7.61. The van der Waals surface area contributed by atoms with Crippen molar-refractivity contribution in [3.8, 4) is 0 Å². The molecule has 0 radical (unpaired) electrons. The van der Waals surface area contributed by atoms with E-state index in [0.29, 0.717) is 0 Å². The molecular formula is C16H15ClFNO5. The van der Waals surface area contributed by atoms with Crippen molar-refractivity contribution < 1.29 is 23.5 Å². The summed E-state index contributed by atoms with van der Waals surface area (Å²) in [7, 11) is 0. The van der Waals surface area contributed by atoms with Gasteiger partial charge in [0.25, 0.3) is 0 Å². The van der Waals surface area contributed by atoms with Gasteiger partial charge < -0.3 is 14.0 Å². The third-order valence-corrected chi connectivity index (χ3v) is 3.51. The summed E-state index contributed by atoms with van der Waals surface area (Å²) in [5, 5.41) is -0.282. The lowest BCUT2D eigenvalue weighted by Crippen LogP contribution is -2.23. The maximum atomic E-state index is 13.7. The monoisotopic (exact) mass is 355 g/mol. The normalized spacial score (nSPS) is 10.7. The molecule has 0 aliphatic rings. The zero-order valence-electron chi connectivity index (χ0n) is 13.1. The molecule has 6 nitrogen and oxygen atoms in total. The molecule has 128 valence electrons. The van der Waals surface area contributed by atoms with E-state index < -0.39 is 23.2 Å². The molecule has 1 aromatic heterocycles. The summed E-state index contributed by atoms with van der Waals surface area (Å²) in [4.78, 5) is 36.1. The molecule has 1 heterocycles. The van der Waals surface area contributed by atoms with Crippen LogP contribution in [0, 0.1) is 5.82 Å². The highest BCUT2D eigenvalue weighted by atomic mass is 35.5. The molecule has 0 bridgehead atoms. The van der Waals surface area contributed by atoms with Gasteiger partial charge in [0, 0.05) is 11.6 Å². The van der Waals surface area contributed by atoms with Crippen LogP contribution >= 0.6 is 11.6 Å². The lowest BCUT2D eigenvalue weighted by atomic mass is 10.1. The van der Waals surface area contributed by atoms with Crippen molar-refractivity contribution in [1.82, 2.24) is 4.57 Å². The number of carbonyl (C=O) groups excluding carboxylic acids is 2. The number of nitrogens with zero attached hydrogens (tertiary/aromatic N) is 1. The first kappa shape index (κ1) is 17.9. The van der Waals surface area contributed by atoms with Gasteiger partial charge in [0.1, 0.15) is 17.9 Å². The van der Waals surface area contributed by atoms with Gasteiger partial charge in [-0.05, 0) is 26.0 Å². The third kappa shape index (κ3) is 3.56. The molecular weight excluding hydrogens is 341 g/mol. The van der Waals surface area contributed by atoms with Gasteiger partial charge in [0.2, 0.25) is 5.43 Å². The van der Waals surface area contributed by atoms with Crippen molar-refractivity contribution in [2.45, 2.75) is 20.4 Å². The van der Waals surface area contributed by atoms with E-state index in [-0.39, 0.29) is 41.2 Å². The summed E-state index contributed by atoms with van der Waals surface area (Å²) >= 11 is 5.76. The summed E-state index contributed by atoms with van der Waals surface area (Å²) in [5.74, 6) is -2.22. The molecule has 0 aliphatic carbocycles. The Morgan fingerprint density at radius 2 is 1.88 bits per heavy atom. The molecule has 8 heteroatoms. The molecule has 0 N–H and O–H groups in total. The molecule has 0 aliphatic heterocycles. The van der Waals surface area contributed by atoms with Gasteiger partial charge in [0.05, 0.1) is 23.8 Å². The fraction of sp³-hybridized carbons (Fsp3) is 0.312. The van der Waals surface area contributed by atoms with E-state index in [1.165, 1.54) is 16.8 Å². The maximum Gasteiger partial charge on any atom is 0.343 e. The van der Waals surface area contributed by atoms with E-state index >= 15 is 0 Å². The zero-order valence-corrected chi connectivity index (χ0v) is 13.9. The first-order valence-electron chi connectivity index (χ1n) is 7.24. The number of carbonyl (C=O) groups is 2. The number of ether oxygens (including phenoxy) is 2. The minimum Gasteiger partial charge on any atom is -0.465 e. The molecule has 0 fully saturated rings. The minimum atomic E-state index is -0.850. The fourth-order valence-corrected chi connectivity index (χ4v) is 2.37. The van der Waals surface area contributed by atoms with Crippen LogP contribution in [0.1, 0.15) is 24.2 Å². The van der Waals surface area contributed by atoms with E-state index in [0.717, 1.165) is 6.07 Å². The molecule has 0 saturated heterocycles. The lowest BCUT2D eigenvalue weighted by molar-refractivity contribution is -0.143. The van der Waals surface area contributed by atoms with Crippen LogP contribution in [0.4, 0.5) is 4.39 Å². The Hall–Kier alpha value is -2.41. The van der Waals surface area contributed by atoms with Gasteiger partial charge in [-0.1, -0.05) is 11.6 Å². The van der Waals surface area contributed by atoms with Crippen molar-refractivity contribution in [2.24, 2.45) is 0 Å². The molecule has 0 unspecified atom stereocenters. The van der Waals surface area contributed by atoms with Crippen LogP contribution < -0.4 is 5.43 Å². The molecule has 2 aromatic rings. The van der Waals surface area contributed by atoms with Crippen LogP contribution in [-0.2, 0) is 20.8 Å². The predicted octanol–water partition coefficient (Wildman–Crippen LogP) is 2.53. The quantitative estimate of drug-likeness (QED) is 0.770. The van der Waals surface area contributed by atoms with Crippen LogP contribution in [0.3, 0.4) is 0 Å². The van der Waals surface area contributed by atoms with Crippen LogP contribution in [0.2, 0.25) is 5.02 Å². The average Bonchev–Trinajstić information content (AvgIpc) is 2.52. The first-order chi connectivity index (χ1) is 11.4. The summed E-state index contributed by atoms with van der Waals surface area (Å²) in [5.41, 5.74) is -0.776. The van der Waals surface area contributed by atoms with Crippen LogP contribution in [-0.4, -0.2) is 29.7 Å². The van der Waals surface area contributed by atoms with Gasteiger partial charge in [-0.2, -0.15) is 0 Å². The Labute approximate surface area is 141 Å². The van der Waals surface area contributed by atoms with E-state index in [9.17, 15) is 18.8 Å². The number of esters is 2. The average molecular weight is 356 g/mol. The maximum absolute atomic E-state index is 13.7. The van der Waals surface area contributed by atoms with Gasteiger partial charge in [-0.25, -0.2) is 9.18 Å². The summed E-state index contributed by atoms with van der Waals surface area (Å²) < 4.78 is 24.7. The van der Waals surface area contributed by atoms with Gasteiger partial charge in [0.15, 0.2) is 0 Å². The molecule has 0 saturated carbocycles. The highest BCUT2D eigenvalue weighted by Crippen LogP contribution is 2.22. The highest BCUT2D eigenvalue weighted by Gasteiger charge is 2.19. The summed E-state index contributed by atoms with van der Waals surface area (Å²) in [6, 6.07) is 2.16. The standard InChI is InChI=1S/C16H15ClFNO5/c1-3-23-14(20)8-19-7-10(16(22)24-4-2)15(21)9-5-12(18)11(17)6-13(9)19/h5-7H,3-4,8H2,1-2H3. The second kappa shape index (κ2) is 7.44. The van der Waals surface area contributed by atoms with E-state index in [2.05, 4.69) is 0 Å². The van der Waals surface area contributed by atoms with Crippen LogP contribution in [0.5, 0.6) is 0 Å². The Bertz CT molecular complexity index is 862. The van der Waals surface area contributed by atoms with Crippen LogP contribution in [0.15, 0.2) is 23.1 Å². The SMILES string of the molecule is CCOC(=O)Cn1cc(C(=O)OCC)c(=O)c2cc(F)c(Cl)cc21. The Balaban J connectivity index is 2.70. The number of benzene rings is 1. The van der Waals surface area contributed by atoms with E-state index in [4.69, 9.17) is 21.1 Å². The Morgan fingerprint density at radius 3 is 2.50 bits per heavy atom. The van der Waals surface area contributed by atoms with Crippen molar-refractivity contribution in [3.05, 3.63) is 45.0 Å². The molecule has 0 spiro atoms. The molecule has 1 aromatic carbocycles. The van der Waals surface area contributed by atoms with Gasteiger partial charge >= 0.3 is 11.9 Å². The van der Waals surface area contributed by atoms with Crippen molar-refractivity contribution in [1.29, 1.82) is 0 Å². The highest BCUT2D eigenvalue weighted by molar-refractivity contribution is 6.31. The minimum absolute atomic E-state index is 0.0726. The molecule has 24 heavy (non-hydrogen) atoms.